The van der Waals surface area contributed by atoms with Gasteiger partial charge in [-0.25, -0.2) is 0 Å². The van der Waals surface area contributed by atoms with Crippen molar-refractivity contribution in [2.75, 3.05) is 0 Å². The van der Waals surface area contributed by atoms with Gasteiger partial charge in [-0.15, -0.1) is 10.2 Å². The largest absolute Gasteiger partial charge is 0.549 e. The Kier molecular flexibility index (Phi) is 4.94. The normalized spacial score (nSPS) is 11.9. The zero-order chi connectivity index (χ0) is 15.2. The number of carboxylic acids is 1. The first kappa shape index (κ1) is 15.0. The van der Waals surface area contributed by atoms with E-state index < -0.39 is 11.2 Å². The molecule has 1 heterocycles. The number of rotatable bonds is 6. The molecule has 0 aliphatic carbocycles. The summed E-state index contributed by atoms with van der Waals surface area (Å²) in [6.07, 6.45) is 0. The Morgan fingerprint density at radius 3 is 2.71 bits per heavy atom. The standard InChI is InChI=1S/C13H13N3O4S/c1-8(12(18)19)21-13-16-15-10(20-13)7-14-11(17)9-5-3-2-4-6-9/h2-6,8H,7H2,1H3,(H,14,17)(H,18,19)/p-1/t8-/m1/s1. The van der Waals surface area contributed by atoms with E-state index in [2.05, 4.69) is 15.5 Å². The number of aliphatic carboxylic acids is 1. The Balaban J connectivity index is 1.88. The van der Waals surface area contributed by atoms with Gasteiger partial charge in [-0.2, -0.15) is 0 Å². The first-order chi connectivity index (χ1) is 10.1. The van der Waals surface area contributed by atoms with Crippen molar-refractivity contribution in [1.82, 2.24) is 15.5 Å². The molecule has 0 spiro atoms. The summed E-state index contributed by atoms with van der Waals surface area (Å²) < 4.78 is 5.23. The molecule has 1 aromatic carbocycles. The van der Waals surface area contributed by atoms with Crippen LogP contribution in [0.1, 0.15) is 23.2 Å². The second kappa shape index (κ2) is 6.89. The molecule has 0 unspecified atom stereocenters. The van der Waals surface area contributed by atoms with Crippen LogP contribution in [0.3, 0.4) is 0 Å². The van der Waals surface area contributed by atoms with Crippen molar-refractivity contribution in [2.24, 2.45) is 0 Å². The Morgan fingerprint density at radius 1 is 1.33 bits per heavy atom. The summed E-state index contributed by atoms with van der Waals surface area (Å²) in [5.41, 5.74) is 0.525. The second-order valence-electron chi connectivity index (χ2n) is 4.09. The maximum Gasteiger partial charge on any atom is 0.277 e. The second-order valence-corrected chi connectivity index (χ2v) is 5.38. The van der Waals surface area contributed by atoms with Gasteiger partial charge in [0.15, 0.2) is 0 Å². The molecule has 0 bridgehead atoms. The molecule has 0 saturated heterocycles. The van der Waals surface area contributed by atoms with E-state index in [1.807, 2.05) is 6.07 Å². The number of thioether (sulfide) groups is 1. The third-order valence-corrected chi connectivity index (χ3v) is 3.41. The molecular weight excluding hydrogens is 294 g/mol. The number of carbonyl (C=O) groups is 2. The highest BCUT2D eigenvalue weighted by atomic mass is 32.2. The SMILES string of the molecule is C[C@@H](Sc1nnc(CNC(=O)c2ccccc2)o1)C(=O)[O-]. The highest BCUT2D eigenvalue weighted by Gasteiger charge is 2.13. The fourth-order valence-electron chi connectivity index (χ4n) is 1.40. The van der Waals surface area contributed by atoms with Crippen LogP contribution in [0.4, 0.5) is 0 Å². The summed E-state index contributed by atoms with van der Waals surface area (Å²) >= 11 is 0.888. The van der Waals surface area contributed by atoms with Gasteiger partial charge in [-0.1, -0.05) is 30.0 Å². The zero-order valence-electron chi connectivity index (χ0n) is 11.1. The summed E-state index contributed by atoms with van der Waals surface area (Å²) in [6, 6.07) is 8.71. The average molecular weight is 306 g/mol. The summed E-state index contributed by atoms with van der Waals surface area (Å²) in [7, 11) is 0. The van der Waals surface area contributed by atoms with Crippen LogP contribution in [0, 0.1) is 0 Å². The molecule has 0 radical (unpaired) electrons. The van der Waals surface area contributed by atoms with E-state index in [0.717, 1.165) is 11.8 Å². The van der Waals surface area contributed by atoms with Gasteiger partial charge >= 0.3 is 0 Å². The van der Waals surface area contributed by atoms with Gasteiger partial charge in [0.2, 0.25) is 5.89 Å². The van der Waals surface area contributed by atoms with Gasteiger partial charge in [-0.05, 0) is 19.1 Å². The number of nitrogens with zero attached hydrogens (tertiary/aromatic N) is 2. The number of hydrogen-bond acceptors (Lipinski definition) is 7. The Morgan fingerprint density at radius 2 is 2.05 bits per heavy atom. The molecule has 0 aliphatic rings. The smallest absolute Gasteiger partial charge is 0.277 e. The third-order valence-electron chi connectivity index (χ3n) is 2.49. The molecule has 0 saturated carbocycles. The van der Waals surface area contributed by atoms with Crippen molar-refractivity contribution < 1.29 is 19.1 Å². The van der Waals surface area contributed by atoms with E-state index in [-0.39, 0.29) is 23.6 Å². The topological polar surface area (TPSA) is 108 Å². The average Bonchev–Trinajstić information content (AvgIpc) is 2.93. The molecule has 21 heavy (non-hydrogen) atoms. The minimum Gasteiger partial charge on any atom is -0.549 e. The van der Waals surface area contributed by atoms with Crippen molar-refractivity contribution in [3.05, 3.63) is 41.8 Å². The molecule has 0 fully saturated rings. The highest BCUT2D eigenvalue weighted by Crippen LogP contribution is 2.21. The van der Waals surface area contributed by atoms with E-state index in [1.165, 1.54) is 6.92 Å². The first-order valence-electron chi connectivity index (χ1n) is 6.09. The van der Waals surface area contributed by atoms with Crippen molar-refractivity contribution in [1.29, 1.82) is 0 Å². The Bertz CT molecular complexity index is 629. The number of benzene rings is 1. The van der Waals surface area contributed by atoms with Gasteiger partial charge in [0.1, 0.15) is 0 Å². The lowest BCUT2D eigenvalue weighted by molar-refractivity contribution is -0.304. The number of hydrogen-bond donors (Lipinski definition) is 1. The molecule has 110 valence electrons. The molecule has 2 aromatic rings. The van der Waals surface area contributed by atoms with Gasteiger partial charge in [-0.3, -0.25) is 4.79 Å². The van der Waals surface area contributed by atoms with Crippen LogP contribution in [-0.2, 0) is 11.3 Å². The Hall–Kier alpha value is -2.35. The van der Waals surface area contributed by atoms with E-state index in [1.54, 1.807) is 24.3 Å². The molecule has 2 rings (SSSR count). The zero-order valence-corrected chi connectivity index (χ0v) is 11.9. The third kappa shape index (κ3) is 4.32. The molecule has 8 heteroatoms. The minimum absolute atomic E-state index is 0.0704. The van der Waals surface area contributed by atoms with E-state index >= 15 is 0 Å². The van der Waals surface area contributed by atoms with Gasteiger partial charge < -0.3 is 19.6 Å². The van der Waals surface area contributed by atoms with Crippen LogP contribution >= 0.6 is 11.8 Å². The number of nitrogens with one attached hydrogen (secondary N) is 1. The van der Waals surface area contributed by atoms with Crippen molar-refractivity contribution in [3.63, 3.8) is 0 Å². The Labute approximate surface area is 124 Å². The number of aromatic nitrogens is 2. The van der Waals surface area contributed by atoms with Crippen molar-refractivity contribution in [2.45, 2.75) is 23.9 Å². The van der Waals surface area contributed by atoms with Crippen molar-refractivity contribution >= 4 is 23.6 Å². The molecule has 1 N–H and O–H groups in total. The molecule has 1 atom stereocenters. The van der Waals surface area contributed by atoms with Crippen LogP contribution in [0.5, 0.6) is 0 Å². The van der Waals surface area contributed by atoms with E-state index in [9.17, 15) is 14.7 Å². The maximum absolute atomic E-state index is 11.8. The van der Waals surface area contributed by atoms with Gasteiger partial charge in [0.25, 0.3) is 11.1 Å². The predicted molar refractivity (Wildman–Crippen MR) is 72.2 cm³/mol. The lowest BCUT2D eigenvalue weighted by Gasteiger charge is -2.07. The van der Waals surface area contributed by atoms with Gasteiger partial charge in [0, 0.05) is 5.56 Å². The van der Waals surface area contributed by atoms with Crippen LogP contribution < -0.4 is 10.4 Å². The summed E-state index contributed by atoms with van der Waals surface area (Å²) in [5, 5.41) is 20.0. The van der Waals surface area contributed by atoms with Gasteiger partial charge in [0.05, 0.1) is 17.8 Å². The number of carbonyl (C=O) groups excluding carboxylic acids is 2. The van der Waals surface area contributed by atoms with Crippen LogP contribution in [0.15, 0.2) is 40.0 Å². The number of amides is 1. The fourth-order valence-corrected chi connectivity index (χ4v) is 2.04. The van der Waals surface area contributed by atoms with Crippen LogP contribution in [0.25, 0.3) is 0 Å². The molecule has 1 amide bonds. The number of carboxylic acid groups (broad SMARTS) is 1. The van der Waals surface area contributed by atoms with E-state index in [0.29, 0.717) is 5.56 Å². The summed E-state index contributed by atoms with van der Waals surface area (Å²) in [6.45, 7) is 1.53. The minimum atomic E-state index is -1.21. The maximum atomic E-state index is 11.8. The molecule has 7 nitrogen and oxygen atoms in total. The monoisotopic (exact) mass is 306 g/mol. The highest BCUT2D eigenvalue weighted by molar-refractivity contribution is 8.00. The summed E-state index contributed by atoms with van der Waals surface area (Å²) in [4.78, 5) is 22.4. The van der Waals surface area contributed by atoms with E-state index in [4.69, 9.17) is 4.42 Å². The predicted octanol–water partition coefficient (Wildman–Crippen LogP) is 0.230. The molecule has 0 aliphatic heterocycles. The lowest BCUT2D eigenvalue weighted by Crippen LogP contribution is -2.31. The molecular formula is C13H12N3O4S-. The fraction of sp³-hybridized carbons (Fsp3) is 0.231. The quantitative estimate of drug-likeness (QED) is 0.761. The van der Waals surface area contributed by atoms with Crippen molar-refractivity contribution in [3.8, 4) is 0 Å². The molecule has 1 aromatic heterocycles. The summed E-state index contributed by atoms with van der Waals surface area (Å²) in [5.74, 6) is -1.27. The van der Waals surface area contributed by atoms with Crippen LogP contribution in [-0.4, -0.2) is 27.3 Å². The first-order valence-corrected chi connectivity index (χ1v) is 6.97. The lowest BCUT2D eigenvalue weighted by atomic mass is 10.2. The van der Waals surface area contributed by atoms with Crippen LogP contribution in [0.2, 0.25) is 0 Å².